The second-order valence-electron chi connectivity index (χ2n) is 5.74. The first-order valence-electron chi connectivity index (χ1n) is 7.82. The van der Waals surface area contributed by atoms with Crippen LogP contribution in [0.1, 0.15) is 52.9 Å². The van der Waals surface area contributed by atoms with Crippen LogP contribution in [0.25, 0.3) is 0 Å². The summed E-state index contributed by atoms with van der Waals surface area (Å²) in [6.07, 6.45) is 2.89. The lowest BCUT2D eigenvalue weighted by atomic mass is 9.77. The van der Waals surface area contributed by atoms with Gasteiger partial charge < -0.3 is 5.11 Å². The minimum Gasteiger partial charge on any atom is -0.481 e. The van der Waals surface area contributed by atoms with Crippen molar-refractivity contribution in [3.63, 3.8) is 0 Å². The summed E-state index contributed by atoms with van der Waals surface area (Å²) in [5.74, 6) is -0.805. The first-order valence-corrected chi connectivity index (χ1v) is 9.22. The Bertz CT molecular complexity index is 436. The lowest BCUT2D eigenvalue weighted by Crippen LogP contribution is -2.51. The molecule has 1 saturated heterocycles. The van der Waals surface area contributed by atoms with E-state index in [0.29, 0.717) is 45.4 Å². The van der Waals surface area contributed by atoms with E-state index in [0.717, 1.165) is 12.8 Å². The van der Waals surface area contributed by atoms with Crippen molar-refractivity contribution in [1.82, 2.24) is 8.61 Å². The van der Waals surface area contributed by atoms with Crippen LogP contribution in [-0.4, -0.2) is 54.3 Å². The quantitative estimate of drug-likeness (QED) is 0.741. The highest BCUT2D eigenvalue weighted by molar-refractivity contribution is 7.86. The molecule has 7 heteroatoms. The highest BCUT2D eigenvalue weighted by Gasteiger charge is 2.43. The third-order valence-corrected chi connectivity index (χ3v) is 6.44. The lowest BCUT2D eigenvalue weighted by Gasteiger charge is -2.39. The van der Waals surface area contributed by atoms with Gasteiger partial charge in [-0.1, -0.05) is 20.8 Å². The van der Waals surface area contributed by atoms with Crippen molar-refractivity contribution in [3.05, 3.63) is 0 Å². The van der Waals surface area contributed by atoms with Gasteiger partial charge in [0.25, 0.3) is 10.2 Å². The average molecular weight is 320 g/mol. The van der Waals surface area contributed by atoms with Crippen molar-refractivity contribution < 1.29 is 18.3 Å². The van der Waals surface area contributed by atoms with E-state index in [-0.39, 0.29) is 0 Å². The van der Waals surface area contributed by atoms with E-state index in [2.05, 4.69) is 0 Å². The van der Waals surface area contributed by atoms with Crippen molar-refractivity contribution in [1.29, 1.82) is 0 Å². The smallest absolute Gasteiger partial charge is 0.309 e. The van der Waals surface area contributed by atoms with Gasteiger partial charge in [0.15, 0.2) is 0 Å². The molecule has 6 nitrogen and oxygen atoms in total. The van der Waals surface area contributed by atoms with Gasteiger partial charge in [0.1, 0.15) is 0 Å². The molecule has 0 radical (unpaired) electrons. The largest absolute Gasteiger partial charge is 0.481 e. The summed E-state index contributed by atoms with van der Waals surface area (Å²) in [5, 5.41) is 9.38. The third kappa shape index (κ3) is 3.96. The number of carboxylic acid groups (broad SMARTS) is 1. The Kier molecular flexibility index (Phi) is 6.62. The minimum absolute atomic E-state index is 0.298. The predicted octanol–water partition coefficient (Wildman–Crippen LogP) is 1.93. The number of hydrogen-bond acceptors (Lipinski definition) is 3. The molecule has 0 atom stereocenters. The van der Waals surface area contributed by atoms with Crippen LogP contribution in [0.3, 0.4) is 0 Å². The fourth-order valence-corrected chi connectivity index (χ4v) is 4.67. The van der Waals surface area contributed by atoms with Crippen LogP contribution in [0.5, 0.6) is 0 Å². The van der Waals surface area contributed by atoms with Crippen molar-refractivity contribution in [2.45, 2.75) is 52.9 Å². The van der Waals surface area contributed by atoms with Crippen LogP contribution >= 0.6 is 0 Å². The number of carbonyl (C=O) groups is 1. The van der Waals surface area contributed by atoms with Crippen LogP contribution < -0.4 is 0 Å². The molecule has 21 heavy (non-hydrogen) atoms. The van der Waals surface area contributed by atoms with Crippen LogP contribution in [0.4, 0.5) is 0 Å². The van der Waals surface area contributed by atoms with Gasteiger partial charge in [-0.25, -0.2) is 0 Å². The minimum atomic E-state index is -3.46. The summed E-state index contributed by atoms with van der Waals surface area (Å²) in [5.41, 5.74) is -0.758. The Balaban J connectivity index is 2.81. The highest BCUT2D eigenvalue weighted by Crippen LogP contribution is 2.36. The van der Waals surface area contributed by atoms with Crippen LogP contribution in [-0.2, 0) is 15.0 Å². The van der Waals surface area contributed by atoms with E-state index in [1.54, 1.807) is 0 Å². The van der Waals surface area contributed by atoms with E-state index in [1.807, 2.05) is 20.8 Å². The van der Waals surface area contributed by atoms with Gasteiger partial charge in [-0.3, -0.25) is 4.79 Å². The molecular weight excluding hydrogens is 292 g/mol. The Morgan fingerprint density at radius 2 is 1.62 bits per heavy atom. The summed E-state index contributed by atoms with van der Waals surface area (Å²) in [6.45, 7) is 7.41. The average Bonchev–Trinajstić information content (AvgIpc) is 2.46. The summed E-state index contributed by atoms with van der Waals surface area (Å²) >= 11 is 0. The summed E-state index contributed by atoms with van der Waals surface area (Å²) in [7, 11) is -3.46. The molecule has 1 aliphatic rings. The molecule has 0 aromatic rings. The molecule has 0 bridgehead atoms. The van der Waals surface area contributed by atoms with E-state index in [9.17, 15) is 18.3 Å². The van der Waals surface area contributed by atoms with Crippen molar-refractivity contribution in [2.24, 2.45) is 5.41 Å². The van der Waals surface area contributed by atoms with Gasteiger partial charge in [-0.2, -0.15) is 17.0 Å². The van der Waals surface area contributed by atoms with Gasteiger partial charge in [-0.05, 0) is 32.1 Å². The zero-order chi connectivity index (χ0) is 16.1. The van der Waals surface area contributed by atoms with E-state index in [1.165, 1.54) is 8.61 Å². The standard InChI is InChI=1S/C14H28N2O4S/c1-4-9-15(10-5-2)21(19,20)16-11-7-14(6-3,8-12-16)13(17)18/h4-12H2,1-3H3,(H,17,18). The number of aliphatic carboxylic acids is 1. The van der Waals surface area contributed by atoms with Gasteiger partial charge >= 0.3 is 5.97 Å². The Labute approximate surface area is 128 Å². The molecule has 1 aliphatic heterocycles. The fraction of sp³-hybridized carbons (Fsp3) is 0.929. The normalized spacial score (nSPS) is 19.8. The molecule has 0 spiro atoms. The van der Waals surface area contributed by atoms with Gasteiger partial charge in [0, 0.05) is 26.2 Å². The van der Waals surface area contributed by atoms with Crippen LogP contribution in [0.15, 0.2) is 0 Å². The molecular formula is C14H28N2O4S. The Hall–Kier alpha value is -0.660. The maximum Gasteiger partial charge on any atom is 0.309 e. The fourth-order valence-electron chi connectivity index (χ4n) is 2.87. The van der Waals surface area contributed by atoms with Gasteiger partial charge in [0.2, 0.25) is 0 Å². The lowest BCUT2D eigenvalue weighted by molar-refractivity contribution is -0.151. The summed E-state index contributed by atoms with van der Waals surface area (Å²) < 4.78 is 28.3. The van der Waals surface area contributed by atoms with Crippen molar-refractivity contribution in [2.75, 3.05) is 26.2 Å². The molecule has 0 aliphatic carbocycles. The Morgan fingerprint density at radius 3 is 1.95 bits per heavy atom. The monoisotopic (exact) mass is 320 g/mol. The summed E-state index contributed by atoms with van der Waals surface area (Å²) in [6, 6.07) is 0. The van der Waals surface area contributed by atoms with Crippen molar-refractivity contribution >= 4 is 16.2 Å². The van der Waals surface area contributed by atoms with Crippen LogP contribution in [0, 0.1) is 5.41 Å². The zero-order valence-electron chi connectivity index (χ0n) is 13.3. The molecule has 0 aromatic carbocycles. The van der Waals surface area contributed by atoms with E-state index < -0.39 is 21.6 Å². The SMILES string of the molecule is CCCN(CCC)S(=O)(=O)N1CCC(CC)(C(=O)O)CC1. The molecule has 0 amide bonds. The number of piperidine rings is 1. The molecule has 1 N–H and O–H groups in total. The third-order valence-electron chi connectivity index (χ3n) is 4.41. The van der Waals surface area contributed by atoms with Crippen molar-refractivity contribution in [3.8, 4) is 0 Å². The van der Waals surface area contributed by atoms with E-state index in [4.69, 9.17) is 0 Å². The highest BCUT2D eigenvalue weighted by atomic mass is 32.2. The second-order valence-corrected chi connectivity index (χ2v) is 7.67. The maximum atomic E-state index is 12.6. The van der Waals surface area contributed by atoms with Gasteiger partial charge in [-0.15, -0.1) is 0 Å². The number of rotatable bonds is 8. The maximum absolute atomic E-state index is 12.6. The van der Waals surface area contributed by atoms with E-state index >= 15 is 0 Å². The number of carboxylic acids is 1. The Morgan fingerprint density at radius 1 is 1.14 bits per heavy atom. The molecule has 1 fully saturated rings. The topological polar surface area (TPSA) is 77.9 Å². The first-order chi connectivity index (χ1) is 9.84. The second kappa shape index (κ2) is 7.56. The number of nitrogens with zero attached hydrogens (tertiary/aromatic N) is 2. The zero-order valence-corrected chi connectivity index (χ0v) is 14.2. The summed E-state index contributed by atoms with van der Waals surface area (Å²) in [4.78, 5) is 11.4. The molecule has 0 aromatic heterocycles. The molecule has 124 valence electrons. The first kappa shape index (κ1) is 18.4. The molecule has 0 unspecified atom stereocenters. The predicted molar refractivity (Wildman–Crippen MR) is 82.2 cm³/mol. The molecule has 1 rings (SSSR count). The number of hydrogen-bond donors (Lipinski definition) is 1. The molecule has 1 heterocycles. The van der Waals surface area contributed by atoms with Gasteiger partial charge in [0.05, 0.1) is 5.41 Å². The molecule has 0 saturated carbocycles. The van der Waals surface area contributed by atoms with Crippen LogP contribution in [0.2, 0.25) is 0 Å².